The van der Waals surface area contributed by atoms with Crippen LogP contribution in [0.15, 0.2) is 9.82 Å². The molecule has 18 heavy (non-hydrogen) atoms. The first-order valence-electron chi connectivity index (χ1n) is 5.13. The molecule has 0 fully saturated rings. The molecule has 0 atom stereocenters. The number of carbonyl (C=O) groups excluding carboxylic acids is 1. The maximum absolute atomic E-state index is 11.2. The van der Waals surface area contributed by atoms with Crippen LogP contribution >= 0.6 is 11.8 Å². The zero-order chi connectivity index (χ0) is 13.7. The van der Waals surface area contributed by atoms with E-state index in [1.165, 1.54) is 14.0 Å². The Balaban J connectivity index is 2.90. The number of thioether (sulfide) groups is 1. The minimum atomic E-state index is -1.15. The monoisotopic (exact) mass is 271 g/mol. The standard InChI is InChI=1S/C10H13N3O4S/c1-5-7(9(15)16)8(13-10(17)12-5)18-4-3-6(14)11-2/h3-4H2,1-2H3,(H,11,14)(H,15,16)(H,12,13,17). The molecule has 0 spiro atoms. The smallest absolute Gasteiger partial charge is 0.346 e. The second kappa shape index (κ2) is 6.20. The maximum atomic E-state index is 11.2. The number of carboxylic acid groups (broad SMARTS) is 1. The lowest BCUT2D eigenvalue weighted by Crippen LogP contribution is -2.19. The molecule has 0 aliphatic rings. The van der Waals surface area contributed by atoms with Crippen LogP contribution in [-0.2, 0) is 4.79 Å². The highest BCUT2D eigenvalue weighted by atomic mass is 32.2. The topological polar surface area (TPSA) is 112 Å². The van der Waals surface area contributed by atoms with Gasteiger partial charge in [-0.05, 0) is 6.92 Å². The summed E-state index contributed by atoms with van der Waals surface area (Å²) in [5, 5.41) is 11.6. The molecule has 1 rings (SSSR count). The van der Waals surface area contributed by atoms with Gasteiger partial charge < -0.3 is 15.4 Å². The van der Waals surface area contributed by atoms with Crippen molar-refractivity contribution in [3.05, 3.63) is 21.7 Å². The number of rotatable bonds is 5. The number of nitrogens with one attached hydrogen (secondary N) is 2. The van der Waals surface area contributed by atoms with E-state index in [1.54, 1.807) is 0 Å². The molecule has 1 amide bonds. The number of carboxylic acids is 1. The van der Waals surface area contributed by atoms with Crippen molar-refractivity contribution in [2.75, 3.05) is 12.8 Å². The number of hydrogen-bond acceptors (Lipinski definition) is 5. The van der Waals surface area contributed by atoms with Crippen molar-refractivity contribution in [3.8, 4) is 0 Å². The second-order valence-electron chi connectivity index (χ2n) is 3.42. The normalized spacial score (nSPS) is 10.1. The molecular weight excluding hydrogens is 258 g/mol. The van der Waals surface area contributed by atoms with Crippen LogP contribution in [0.1, 0.15) is 22.5 Å². The molecule has 0 radical (unpaired) electrons. The predicted molar refractivity (Wildman–Crippen MR) is 66.0 cm³/mol. The van der Waals surface area contributed by atoms with Gasteiger partial charge in [0.25, 0.3) is 0 Å². The zero-order valence-corrected chi connectivity index (χ0v) is 10.8. The number of aryl methyl sites for hydroxylation is 1. The van der Waals surface area contributed by atoms with Crippen LogP contribution in [0.25, 0.3) is 0 Å². The SMILES string of the molecule is CNC(=O)CCSc1nc(=O)[nH]c(C)c1C(=O)O. The number of aromatic nitrogens is 2. The van der Waals surface area contributed by atoms with E-state index >= 15 is 0 Å². The highest BCUT2D eigenvalue weighted by Crippen LogP contribution is 2.21. The number of aromatic carboxylic acids is 1. The zero-order valence-electron chi connectivity index (χ0n) is 9.94. The number of carbonyl (C=O) groups is 2. The van der Waals surface area contributed by atoms with Crippen molar-refractivity contribution < 1.29 is 14.7 Å². The van der Waals surface area contributed by atoms with Crippen molar-refractivity contribution in [1.82, 2.24) is 15.3 Å². The molecule has 3 N–H and O–H groups in total. The Morgan fingerprint density at radius 2 is 2.17 bits per heavy atom. The molecule has 0 saturated heterocycles. The lowest BCUT2D eigenvalue weighted by Gasteiger charge is -2.06. The van der Waals surface area contributed by atoms with E-state index < -0.39 is 11.7 Å². The molecule has 0 unspecified atom stereocenters. The fourth-order valence-corrected chi connectivity index (χ4v) is 2.29. The Hall–Kier alpha value is -1.83. The van der Waals surface area contributed by atoms with Crippen LogP contribution < -0.4 is 11.0 Å². The number of H-pyrrole nitrogens is 1. The molecule has 0 aliphatic carbocycles. The molecule has 98 valence electrons. The van der Waals surface area contributed by atoms with Gasteiger partial charge in [0.15, 0.2) is 0 Å². The van der Waals surface area contributed by atoms with Gasteiger partial charge in [0, 0.05) is 24.9 Å². The summed E-state index contributed by atoms with van der Waals surface area (Å²) in [6, 6.07) is 0. The van der Waals surface area contributed by atoms with Crippen molar-refractivity contribution >= 4 is 23.6 Å². The molecule has 0 saturated carbocycles. The average Bonchev–Trinajstić information content (AvgIpc) is 2.27. The first-order chi connectivity index (χ1) is 8.45. The molecule has 0 aliphatic heterocycles. The quantitative estimate of drug-likeness (QED) is 0.513. The molecular formula is C10H13N3O4S. The van der Waals surface area contributed by atoms with E-state index in [4.69, 9.17) is 5.11 Å². The molecule has 1 aromatic heterocycles. The van der Waals surface area contributed by atoms with E-state index in [9.17, 15) is 14.4 Å². The number of amides is 1. The first kappa shape index (κ1) is 14.2. The summed E-state index contributed by atoms with van der Waals surface area (Å²) in [7, 11) is 1.52. The van der Waals surface area contributed by atoms with Gasteiger partial charge in [0.05, 0.1) is 0 Å². The Morgan fingerprint density at radius 1 is 1.50 bits per heavy atom. The van der Waals surface area contributed by atoms with Gasteiger partial charge in [-0.2, -0.15) is 4.98 Å². The van der Waals surface area contributed by atoms with E-state index in [0.29, 0.717) is 5.75 Å². The summed E-state index contributed by atoms with van der Waals surface area (Å²) in [4.78, 5) is 39.2. The van der Waals surface area contributed by atoms with Gasteiger partial charge in [-0.25, -0.2) is 9.59 Å². The number of hydrogen-bond donors (Lipinski definition) is 3. The lowest BCUT2D eigenvalue weighted by molar-refractivity contribution is -0.120. The van der Waals surface area contributed by atoms with Gasteiger partial charge in [0.2, 0.25) is 5.91 Å². The lowest BCUT2D eigenvalue weighted by atomic mass is 10.2. The minimum absolute atomic E-state index is 0.0310. The molecule has 7 nitrogen and oxygen atoms in total. The molecule has 8 heteroatoms. The summed E-state index contributed by atoms with van der Waals surface area (Å²) >= 11 is 1.07. The third kappa shape index (κ3) is 3.59. The predicted octanol–water partition coefficient (Wildman–Crippen LogP) is 0.00472. The second-order valence-corrected chi connectivity index (χ2v) is 4.51. The van der Waals surface area contributed by atoms with E-state index in [2.05, 4.69) is 15.3 Å². The van der Waals surface area contributed by atoms with Crippen LogP contribution in [0, 0.1) is 6.92 Å². The van der Waals surface area contributed by atoms with Crippen LogP contribution in [0.5, 0.6) is 0 Å². The summed E-state index contributed by atoms with van der Waals surface area (Å²) in [5.41, 5.74) is -0.374. The summed E-state index contributed by atoms with van der Waals surface area (Å²) in [5.74, 6) is -0.949. The summed E-state index contributed by atoms with van der Waals surface area (Å²) in [6.45, 7) is 1.50. The fraction of sp³-hybridized carbons (Fsp3) is 0.400. The summed E-state index contributed by atoms with van der Waals surface area (Å²) in [6.07, 6.45) is 0.230. The van der Waals surface area contributed by atoms with Crippen LogP contribution in [0.4, 0.5) is 0 Å². The minimum Gasteiger partial charge on any atom is -0.478 e. The molecule has 1 aromatic rings. The van der Waals surface area contributed by atoms with Crippen LogP contribution in [0.2, 0.25) is 0 Å². The van der Waals surface area contributed by atoms with Crippen molar-refractivity contribution in [2.24, 2.45) is 0 Å². The van der Waals surface area contributed by atoms with Gasteiger partial charge in [-0.15, -0.1) is 11.8 Å². The molecule has 0 bridgehead atoms. The van der Waals surface area contributed by atoms with Gasteiger partial charge in [-0.1, -0.05) is 0 Å². The van der Waals surface area contributed by atoms with E-state index in [1.807, 2.05) is 0 Å². The van der Waals surface area contributed by atoms with Crippen molar-refractivity contribution in [1.29, 1.82) is 0 Å². The Labute approximate surface area is 107 Å². The third-order valence-electron chi connectivity index (χ3n) is 2.15. The highest BCUT2D eigenvalue weighted by molar-refractivity contribution is 7.99. The first-order valence-corrected chi connectivity index (χ1v) is 6.12. The molecule has 1 heterocycles. The van der Waals surface area contributed by atoms with E-state index in [-0.39, 0.29) is 28.6 Å². The molecule has 0 aromatic carbocycles. The fourth-order valence-electron chi connectivity index (χ4n) is 1.28. The van der Waals surface area contributed by atoms with Gasteiger partial charge >= 0.3 is 11.7 Å². The Morgan fingerprint density at radius 3 is 2.72 bits per heavy atom. The number of nitrogens with zero attached hydrogens (tertiary/aromatic N) is 1. The Kier molecular flexibility index (Phi) is 4.90. The average molecular weight is 271 g/mol. The van der Waals surface area contributed by atoms with Crippen molar-refractivity contribution in [2.45, 2.75) is 18.4 Å². The summed E-state index contributed by atoms with van der Waals surface area (Å²) < 4.78 is 0. The van der Waals surface area contributed by atoms with E-state index in [0.717, 1.165) is 11.8 Å². The maximum Gasteiger partial charge on any atom is 0.346 e. The van der Waals surface area contributed by atoms with Crippen molar-refractivity contribution in [3.63, 3.8) is 0 Å². The highest BCUT2D eigenvalue weighted by Gasteiger charge is 2.17. The largest absolute Gasteiger partial charge is 0.478 e. The third-order valence-corrected chi connectivity index (χ3v) is 3.12. The Bertz CT molecular complexity index is 526. The van der Waals surface area contributed by atoms with Crippen LogP contribution in [0.3, 0.4) is 0 Å². The van der Waals surface area contributed by atoms with Gasteiger partial charge in [-0.3, -0.25) is 4.79 Å². The van der Waals surface area contributed by atoms with Crippen LogP contribution in [-0.4, -0.2) is 39.8 Å². The number of aromatic amines is 1. The van der Waals surface area contributed by atoms with Gasteiger partial charge in [0.1, 0.15) is 10.6 Å².